The molecule has 1 fully saturated rings. The highest BCUT2D eigenvalue weighted by atomic mass is 35.5. The third kappa shape index (κ3) is 7.08. The molecule has 6 rings (SSSR count). The number of amides is 1. The van der Waals surface area contributed by atoms with Crippen LogP contribution in [0.3, 0.4) is 0 Å². The number of hydrogen-bond donors (Lipinski definition) is 2. The first-order valence-electron chi connectivity index (χ1n) is 16.8. The van der Waals surface area contributed by atoms with Crippen LogP contribution >= 0.6 is 11.6 Å². The first-order valence-corrected chi connectivity index (χ1v) is 18.7. The molecule has 0 saturated heterocycles. The van der Waals surface area contributed by atoms with E-state index in [1.807, 2.05) is 19.1 Å². The van der Waals surface area contributed by atoms with Crippen molar-refractivity contribution < 1.29 is 32.5 Å². The van der Waals surface area contributed by atoms with Crippen molar-refractivity contribution >= 4 is 33.2 Å². The number of hydrogen-bond acceptors (Lipinski definition) is 8. The number of benzene rings is 2. The summed E-state index contributed by atoms with van der Waals surface area (Å²) in [5, 5.41) is 10.3. The first kappa shape index (κ1) is 34.2. The highest BCUT2D eigenvalue weighted by molar-refractivity contribution is 7.90. The van der Waals surface area contributed by atoms with Crippen molar-refractivity contribution in [1.29, 1.82) is 0 Å². The Balaban J connectivity index is 1.41. The van der Waals surface area contributed by atoms with E-state index in [-0.39, 0.29) is 36.0 Å². The monoisotopic (exact) mass is 686 g/mol. The average Bonchev–Trinajstić information content (AvgIpc) is 3.17. The molecule has 9 nitrogen and oxygen atoms in total. The summed E-state index contributed by atoms with van der Waals surface area (Å²) in [6, 6.07) is 11.4. The number of anilines is 1. The third-order valence-corrected chi connectivity index (χ3v) is 13.0. The Morgan fingerprint density at radius 3 is 2.77 bits per heavy atom. The second-order valence-corrected chi connectivity index (χ2v) is 16.3. The van der Waals surface area contributed by atoms with Gasteiger partial charge in [-0.3, -0.25) is 4.79 Å². The molecule has 11 heteroatoms. The molecule has 4 aliphatic rings. The van der Waals surface area contributed by atoms with Gasteiger partial charge in [0.15, 0.2) is 0 Å². The van der Waals surface area contributed by atoms with Gasteiger partial charge in [0.1, 0.15) is 5.75 Å². The summed E-state index contributed by atoms with van der Waals surface area (Å²) in [4.78, 5) is 16.0. The third-order valence-electron chi connectivity index (χ3n) is 10.9. The molecule has 0 aromatic heterocycles. The maximum Gasteiger partial charge on any atom is 0.264 e. The summed E-state index contributed by atoms with van der Waals surface area (Å²) >= 11 is 6.42. The summed E-state index contributed by atoms with van der Waals surface area (Å²) in [6.07, 6.45) is 8.39. The topological polar surface area (TPSA) is 114 Å². The van der Waals surface area contributed by atoms with Gasteiger partial charge in [-0.25, -0.2) is 13.1 Å². The molecule has 1 amide bonds. The number of nitrogens with zero attached hydrogens (tertiary/aromatic N) is 1. The van der Waals surface area contributed by atoms with Crippen molar-refractivity contribution in [2.24, 2.45) is 17.8 Å². The largest absolute Gasteiger partial charge is 0.490 e. The van der Waals surface area contributed by atoms with Crippen LogP contribution in [-0.2, 0) is 31.3 Å². The second kappa shape index (κ2) is 14.1. The van der Waals surface area contributed by atoms with Gasteiger partial charge in [-0.1, -0.05) is 36.7 Å². The summed E-state index contributed by atoms with van der Waals surface area (Å²) < 4.78 is 47.6. The van der Waals surface area contributed by atoms with E-state index in [4.69, 9.17) is 25.8 Å². The van der Waals surface area contributed by atoms with Crippen LogP contribution < -0.4 is 14.4 Å². The molecule has 2 aromatic carbocycles. The Kier molecular flexibility index (Phi) is 10.3. The molecule has 2 N–H and O–H groups in total. The van der Waals surface area contributed by atoms with Crippen molar-refractivity contribution in [1.82, 2.24) is 4.72 Å². The number of aliphatic hydroxyl groups is 1. The fourth-order valence-corrected chi connectivity index (χ4v) is 10.1. The SMILES string of the molecule is COC[C@@H](O)C[C@@H]1[C@@H](C)C/C=C/[C@H](OC)[C@@H]2CC[C@H]2CN2C[C@@]3(CCCc4cc(Cl)ccc43)COc3ccc(cc32)C(=O)NS1(=O)=O. The molecular weight excluding hydrogens is 640 g/mol. The van der Waals surface area contributed by atoms with Crippen molar-refractivity contribution in [2.75, 3.05) is 45.4 Å². The number of carbonyl (C=O) groups is 1. The molecule has 256 valence electrons. The zero-order valence-corrected chi connectivity index (χ0v) is 29.1. The minimum atomic E-state index is -4.18. The van der Waals surface area contributed by atoms with Gasteiger partial charge in [0.2, 0.25) is 10.0 Å². The van der Waals surface area contributed by atoms with Gasteiger partial charge in [-0.15, -0.1) is 0 Å². The highest BCUT2D eigenvalue weighted by Crippen LogP contribution is 2.47. The molecule has 0 unspecified atom stereocenters. The molecule has 47 heavy (non-hydrogen) atoms. The molecule has 2 aliphatic carbocycles. The minimum absolute atomic E-state index is 0.00297. The van der Waals surface area contributed by atoms with Crippen LogP contribution in [0.15, 0.2) is 48.6 Å². The van der Waals surface area contributed by atoms with E-state index in [0.717, 1.165) is 49.4 Å². The van der Waals surface area contributed by atoms with E-state index < -0.39 is 27.3 Å². The number of aliphatic hydroxyl groups excluding tert-OH is 1. The lowest BCUT2D eigenvalue weighted by Gasteiger charge is -2.46. The Hall–Kier alpha value is -2.63. The number of ether oxygens (including phenoxy) is 3. The van der Waals surface area contributed by atoms with Crippen LogP contribution in [0.25, 0.3) is 0 Å². The Labute approximate surface area is 283 Å². The normalized spacial score (nSPS) is 31.7. The molecule has 2 aliphatic heterocycles. The van der Waals surface area contributed by atoms with E-state index in [1.54, 1.807) is 25.3 Å². The van der Waals surface area contributed by atoms with Gasteiger partial charge in [-0.05, 0) is 104 Å². The number of allylic oxidation sites excluding steroid dienone is 1. The van der Waals surface area contributed by atoms with E-state index >= 15 is 0 Å². The fraction of sp³-hybridized carbons (Fsp3) is 0.583. The number of fused-ring (bicyclic) bond motifs is 4. The second-order valence-electron chi connectivity index (χ2n) is 14.0. The maximum absolute atomic E-state index is 13.8. The number of carbonyl (C=O) groups excluding carboxylic acids is 1. The summed E-state index contributed by atoms with van der Waals surface area (Å²) in [5.41, 5.74) is 3.27. The number of halogens is 1. The van der Waals surface area contributed by atoms with E-state index in [0.29, 0.717) is 37.2 Å². The summed E-state index contributed by atoms with van der Waals surface area (Å²) in [7, 11) is -0.986. The van der Waals surface area contributed by atoms with Crippen LogP contribution in [0.2, 0.25) is 5.02 Å². The number of nitrogens with one attached hydrogen (secondary N) is 1. The molecule has 7 atom stereocenters. The lowest BCUT2D eigenvalue weighted by atomic mass is 9.68. The van der Waals surface area contributed by atoms with Gasteiger partial charge in [0.25, 0.3) is 5.91 Å². The van der Waals surface area contributed by atoms with Gasteiger partial charge >= 0.3 is 0 Å². The van der Waals surface area contributed by atoms with Crippen molar-refractivity contribution in [2.45, 2.75) is 74.7 Å². The van der Waals surface area contributed by atoms with Crippen LogP contribution in [0, 0.1) is 17.8 Å². The van der Waals surface area contributed by atoms with Crippen LogP contribution in [0.4, 0.5) is 5.69 Å². The zero-order valence-electron chi connectivity index (χ0n) is 27.5. The van der Waals surface area contributed by atoms with Crippen molar-refractivity contribution in [3.63, 3.8) is 0 Å². The van der Waals surface area contributed by atoms with Crippen LogP contribution in [-0.4, -0.2) is 77.4 Å². The predicted octanol–water partition coefficient (Wildman–Crippen LogP) is 5.28. The van der Waals surface area contributed by atoms with Gasteiger partial charge in [-0.2, -0.15) is 0 Å². The molecule has 0 radical (unpaired) electrons. The standard InChI is InChI=1S/C36H47ClN2O7S/c1-23-6-4-8-32(45-3)29-12-9-26(29)19-39-21-36(15-5-7-24-16-27(37)11-13-30(24)36)22-46-33-14-10-25(17-31(33)39)35(41)38-47(42,43)34(23)18-28(40)20-44-2/h4,8,10-11,13-14,16-17,23,26,28-29,32,34,40H,5-7,9,12,15,18-22H2,1-3H3,(H,38,41)/b8-4+/t23-,26-,28-,29+,32-,34+,36-/m0/s1. The van der Waals surface area contributed by atoms with E-state index in [9.17, 15) is 18.3 Å². The van der Waals surface area contributed by atoms with E-state index in [2.05, 4.69) is 27.8 Å². The van der Waals surface area contributed by atoms with Gasteiger partial charge < -0.3 is 24.2 Å². The molecule has 2 aromatic rings. The number of methoxy groups -OCH3 is 2. The van der Waals surface area contributed by atoms with Gasteiger partial charge in [0, 0.05) is 43.3 Å². The zero-order chi connectivity index (χ0) is 33.3. The highest BCUT2D eigenvalue weighted by Gasteiger charge is 2.44. The van der Waals surface area contributed by atoms with Crippen LogP contribution in [0.1, 0.15) is 66.9 Å². The predicted molar refractivity (Wildman–Crippen MR) is 183 cm³/mol. The van der Waals surface area contributed by atoms with Crippen molar-refractivity contribution in [3.05, 3.63) is 70.3 Å². The number of rotatable bonds is 5. The lowest BCUT2D eigenvalue weighted by Crippen LogP contribution is -2.49. The maximum atomic E-state index is 13.8. The van der Waals surface area contributed by atoms with E-state index in [1.165, 1.54) is 18.2 Å². The van der Waals surface area contributed by atoms with Crippen molar-refractivity contribution in [3.8, 4) is 5.75 Å². The smallest absolute Gasteiger partial charge is 0.264 e. The summed E-state index contributed by atoms with van der Waals surface area (Å²) in [6.45, 7) is 3.79. The number of sulfonamides is 1. The molecular formula is C36H47ClN2O7S. The average molecular weight is 687 g/mol. The first-order chi connectivity index (χ1) is 22.5. The lowest BCUT2D eigenvalue weighted by molar-refractivity contribution is 0.0131. The van der Waals surface area contributed by atoms with Gasteiger partial charge in [0.05, 0.1) is 36.4 Å². The number of aryl methyl sites for hydroxylation is 1. The van der Waals surface area contributed by atoms with Crippen LogP contribution in [0.5, 0.6) is 5.75 Å². The molecule has 2 heterocycles. The fourth-order valence-electron chi connectivity index (χ4n) is 8.22. The Bertz CT molecular complexity index is 1600. The summed E-state index contributed by atoms with van der Waals surface area (Å²) in [5.74, 6) is 0.255. The minimum Gasteiger partial charge on any atom is -0.490 e. The Morgan fingerprint density at radius 1 is 1.19 bits per heavy atom. The Morgan fingerprint density at radius 2 is 2.02 bits per heavy atom. The quantitative estimate of drug-likeness (QED) is 0.409. The molecule has 2 bridgehead atoms. The molecule has 1 spiro atoms. The molecule has 1 saturated carbocycles.